The van der Waals surface area contributed by atoms with Crippen molar-refractivity contribution in [2.45, 2.75) is 327 Å². The van der Waals surface area contributed by atoms with Crippen molar-refractivity contribution in [2.75, 3.05) is 13.2 Å². The molecular weight excluding hydrogens is 949 g/mol. The molecule has 12 heteroatoms. The van der Waals surface area contributed by atoms with Crippen LogP contribution in [-0.4, -0.2) is 89.2 Å². The van der Waals surface area contributed by atoms with E-state index in [0.717, 1.165) is 96.3 Å². The van der Waals surface area contributed by atoms with Crippen molar-refractivity contribution < 1.29 is 58.2 Å². The van der Waals surface area contributed by atoms with Crippen molar-refractivity contribution in [1.82, 2.24) is 0 Å². The first-order valence-corrected chi connectivity index (χ1v) is 31.0. The number of aliphatic hydroxyl groups excluding tert-OH is 2. The van der Waals surface area contributed by atoms with Crippen LogP contribution < -0.4 is 0 Å². The summed E-state index contributed by atoms with van der Waals surface area (Å²) in [6.45, 7) is 5.90. The monoisotopic (exact) mass is 1060 g/mol. The van der Waals surface area contributed by atoms with Gasteiger partial charge in [-0.1, -0.05) is 256 Å². The minimum atomic E-state index is -1.90. The second-order valence-electron chi connectivity index (χ2n) is 21.3. The molecule has 1 saturated heterocycles. The molecule has 3 N–H and O–H groups in total. The van der Waals surface area contributed by atoms with E-state index in [-0.39, 0.29) is 25.9 Å². The number of unbranched alkanes of at least 4 members (excludes halogenated alkanes) is 33. The van der Waals surface area contributed by atoms with Gasteiger partial charge in [0.25, 0.3) is 0 Å². The van der Waals surface area contributed by atoms with Crippen molar-refractivity contribution in [1.29, 1.82) is 0 Å². The van der Waals surface area contributed by atoms with Crippen LogP contribution in [-0.2, 0) is 42.9 Å². The Kier molecular flexibility index (Phi) is 48.2. The zero-order valence-electron chi connectivity index (χ0n) is 48.1. The summed E-state index contributed by atoms with van der Waals surface area (Å²) in [5.74, 6) is -3.11. The van der Waals surface area contributed by atoms with E-state index in [2.05, 4.69) is 57.2 Å². The fraction of sp³-hybridized carbons (Fsp3) is 0.841. The van der Waals surface area contributed by atoms with Gasteiger partial charge in [0.2, 0.25) is 0 Å². The van der Waals surface area contributed by atoms with Gasteiger partial charge >= 0.3 is 23.9 Å². The second-order valence-corrected chi connectivity index (χ2v) is 21.3. The van der Waals surface area contributed by atoms with E-state index < -0.39 is 67.3 Å². The number of ether oxygens (including phenoxy) is 5. The highest BCUT2D eigenvalue weighted by Crippen LogP contribution is 2.27. The lowest BCUT2D eigenvalue weighted by atomic mass is 9.98. The lowest BCUT2D eigenvalue weighted by Gasteiger charge is -2.40. The molecule has 1 rings (SSSR count). The Morgan fingerprint density at radius 1 is 0.453 bits per heavy atom. The lowest BCUT2D eigenvalue weighted by molar-refractivity contribution is -0.301. The molecule has 1 fully saturated rings. The molecule has 436 valence electrons. The summed E-state index contributed by atoms with van der Waals surface area (Å²) >= 11 is 0. The molecule has 0 aromatic heterocycles. The smallest absolute Gasteiger partial charge is 0.335 e. The van der Waals surface area contributed by atoms with Gasteiger partial charge in [-0.3, -0.25) is 14.4 Å². The Morgan fingerprint density at radius 3 is 1.28 bits per heavy atom. The molecule has 1 aliphatic heterocycles. The molecule has 0 aromatic rings. The molecule has 0 amide bonds. The average Bonchev–Trinajstić information content (AvgIpc) is 3.39. The van der Waals surface area contributed by atoms with Crippen molar-refractivity contribution >= 4 is 23.9 Å². The first-order valence-electron chi connectivity index (χ1n) is 31.0. The lowest BCUT2D eigenvalue weighted by Crippen LogP contribution is -2.61. The van der Waals surface area contributed by atoms with Crippen LogP contribution in [0.4, 0.5) is 0 Å². The van der Waals surface area contributed by atoms with Gasteiger partial charge in [-0.15, -0.1) is 0 Å². The molecule has 75 heavy (non-hydrogen) atoms. The average molecular weight is 1060 g/mol. The van der Waals surface area contributed by atoms with Gasteiger partial charge in [0.05, 0.1) is 6.61 Å². The summed E-state index contributed by atoms with van der Waals surface area (Å²) in [5, 5.41) is 31.5. The number of rotatable bonds is 53. The minimum absolute atomic E-state index is 0.0638. The van der Waals surface area contributed by atoms with Crippen LogP contribution in [0.1, 0.15) is 290 Å². The number of carbonyl (C=O) groups is 4. The predicted octanol–water partition coefficient (Wildman–Crippen LogP) is 16.0. The molecule has 1 aliphatic rings. The van der Waals surface area contributed by atoms with Gasteiger partial charge in [0.1, 0.15) is 18.8 Å². The number of aliphatic carboxylic acids is 1. The van der Waals surface area contributed by atoms with E-state index in [0.29, 0.717) is 19.3 Å². The molecule has 0 aliphatic carbocycles. The fourth-order valence-electron chi connectivity index (χ4n) is 9.50. The summed E-state index contributed by atoms with van der Waals surface area (Å²) in [7, 11) is 0. The topological polar surface area (TPSA) is 175 Å². The van der Waals surface area contributed by atoms with E-state index in [4.69, 9.17) is 23.7 Å². The predicted molar refractivity (Wildman–Crippen MR) is 303 cm³/mol. The number of carbonyl (C=O) groups excluding carboxylic acids is 3. The quantitative estimate of drug-likeness (QED) is 0.0228. The standard InChI is InChI=1S/C63H112O12/c1-4-7-10-13-16-19-22-25-27-28-30-32-34-37-40-43-46-49-55(64)71-52-54(73-56(65)50-47-44-41-38-36-33-29-26-23-20-17-14-11-8-5-2)53-72-63-61(59(68)58(67)60(75-63)62(69)70)74-57(66)51-48-45-42-39-35-31-24-21-18-15-12-9-6-3/h8,11,17,20,26,29,54,58-61,63,67-68H,4-7,9-10,12-16,18-19,21-25,27-28,30-53H2,1-3H3,(H,69,70)/b11-8-,20-17-,29-26-. The molecular formula is C63H112O12. The SMILES string of the molecule is CC/C=C\C/C=C\C/C=C\CCCCCCCC(=O)OC(COC(=O)CCCCCCCCCCCCCCCCCCC)COC1OC(C(=O)O)C(O)C(O)C1OC(=O)CCCCCCCCCCCCCCC. The van der Waals surface area contributed by atoms with Gasteiger partial charge in [0, 0.05) is 19.3 Å². The van der Waals surface area contributed by atoms with Crippen LogP contribution in [0.5, 0.6) is 0 Å². The highest BCUT2D eigenvalue weighted by molar-refractivity contribution is 5.74. The molecule has 0 spiro atoms. The molecule has 12 nitrogen and oxygen atoms in total. The van der Waals surface area contributed by atoms with Crippen LogP contribution in [0.25, 0.3) is 0 Å². The summed E-state index contributed by atoms with van der Waals surface area (Å²) in [5.41, 5.74) is 0. The summed E-state index contributed by atoms with van der Waals surface area (Å²) in [6.07, 6.45) is 48.2. The maximum absolute atomic E-state index is 13.2. The first-order chi connectivity index (χ1) is 36.6. The number of allylic oxidation sites excluding steroid dienone is 6. The normalized spacial score (nSPS) is 18.3. The number of carboxylic acid groups (broad SMARTS) is 1. The summed E-state index contributed by atoms with van der Waals surface area (Å²) in [6, 6.07) is 0. The van der Waals surface area contributed by atoms with Crippen LogP contribution >= 0.6 is 0 Å². The molecule has 6 atom stereocenters. The van der Waals surface area contributed by atoms with Crippen molar-refractivity contribution in [2.24, 2.45) is 0 Å². The third-order valence-electron chi connectivity index (χ3n) is 14.2. The maximum atomic E-state index is 13.2. The van der Waals surface area contributed by atoms with E-state index in [9.17, 15) is 34.5 Å². The van der Waals surface area contributed by atoms with Gasteiger partial charge in [-0.05, 0) is 51.4 Å². The Hall–Kier alpha value is -3.06. The number of esters is 3. The van der Waals surface area contributed by atoms with Crippen LogP contribution in [0.3, 0.4) is 0 Å². The molecule has 1 heterocycles. The van der Waals surface area contributed by atoms with Crippen molar-refractivity contribution in [3.05, 3.63) is 36.5 Å². The van der Waals surface area contributed by atoms with E-state index in [1.54, 1.807) is 0 Å². The minimum Gasteiger partial charge on any atom is -0.479 e. The van der Waals surface area contributed by atoms with Gasteiger partial charge < -0.3 is 39.0 Å². The number of hydrogen-bond donors (Lipinski definition) is 3. The Balaban J connectivity index is 2.67. The van der Waals surface area contributed by atoms with Crippen LogP contribution in [0.15, 0.2) is 36.5 Å². The third kappa shape index (κ3) is 41.7. The molecule has 0 bridgehead atoms. The van der Waals surface area contributed by atoms with E-state index in [1.807, 2.05) is 0 Å². The van der Waals surface area contributed by atoms with Gasteiger partial charge in [0.15, 0.2) is 24.6 Å². The van der Waals surface area contributed by atoms with Gasteiger partial charge in [-0.25, -0.2) is 4.79 Å². The largest absolute Gasteiger partial charge is 0.479 e. The number of hydrogen-bond acceptors (Lipinski definition) is 11. The molecule has 0 radical (unpaired) electrons. The summed E-state index contributed by atoms with van der Waals surface area (Å²) < 4.78 is 28.5. The molecule has 6 unspecified atom stereocenters. The third-order valence-corrected chi connectivity index (χ3v) is 14.2. The zero-order chi connectivity index (χ0) is 54.7. The second kappa shape index (κ2) is 51.7. The highest BCUT2D eigenvalue weighted by Gasteiger charge is 2.50. The van der Waals surface area contributed by atoms with Crippen LogP contribution in [0, 0.1) is 0 Å². The molecule has 0 saturated carbocycles. The van der Waals surface area contributed by atoms with Crippen molar-refractivity contribution in [3.63, 3.8) is 0 Å². The fourth-order valence-corrected chi connectivity index (χ4v) is 9.50. The van der Waals surface area contributed by atoms with Crippen LogP contribution in [0.2, 0.25) is 0 Å². The summed E-state index contributed by atoms with van der Waals surface area (Å²) in [4.78, 5) is 51.2. The van der Waals surface area contributed by atoms with E-state index >= 15 is 0 Å². The Labute approximate surface area is 457 Å². The zero-order valence-corrected chi connectivity index (χ0v) is 48.1. The Morgan fingerprint density at radius 2 is 0.840 bits per heavy atom. The molecule has 0 aromatic carbocycles. The maximum Gasteiger partial charge on any atom is 0.335 e. The van der Waals surface area contributed by atoms with Crippen molar-refractivity contribution in [3.8, 4) is 0 Å². The highest BCUT2D eigenvalue weighted by atomic mass is 16.7. The first kappa shape index (κ1) is 70.0. The number of aliphatic hydroxyl groups is 2. The van der Waals surface area contributed by atoms with E-state index in [1.165, 1.54) is 135 Å². The van der Waals surface area contributed by atoms with Gasteiger partial charge in [-0.2, -0.15) is 0 Å². The number of carboxylic acids is 1. The Bertz CT molecular complexity index is 1450.